The van der Waals surface area contributed by atoms with Gasteiger partial charge < -0.3 is 10.6 Å². The molecule has 2 rings (SSSR count). The summed E-state index contributed by atoms with van der Waals surface area (Å²) < 4.78 is 24.7. The van der Waals surface area contributed by atoms with Crippen LogP contribution < -0.4 is 10.6 Å². The lowest BCUT2D eigenvalue weighted by Crippen LogP contribution is -2.09. The summed E-state index contributed by atoms with van der Waals surface area (Å²) in [6.07, 6.45) is 0. The van der Waals surface area contributed by atoms with Crippen LogP contribution in [0.1, 0.15) is 0 Å². The fourth-order valence-electron chi connectivity index (χ4n) is 1.71. The van der Waals surface area contributed by atoms with Crippen molar-refractivity contribution in [3.63, 3.8) is 0 Å². The highest BCUT2D eigenvalue weighted by Crippen LogP contribution is 2.23. The molecule has 0 aromatic heterocycles. The van der Waals surface area contributed by atoms with Crippen molar-refractivity contribution in [2.45, 2.75) is 9.79 Å². The molecule has 0 aliphatic rings. The lowest BCUT2D eigenvalue weighted by atomic mass is 10.3. The molecule has 2 N–H and O–H groups in total. The standard InChI is InChI=1S/C14H16N2O2S/c1-16(2)12-5-9-14(10-6-12)19(17,18)13-7-3-11(15)4-8-13/h3-10H,15H2,1-2H3. The van der Waals surface area contributed by atoms with Crippen LogP contribution in [0.4, 0.5) is 11.4 Å². The first-order valence-electron chi connectivity index (χ1n) is 5.79. The maximum atomic E-state index is 12.4. The summed E-state index contributed by atoms with van der Waals surface area (Å²) in [6, 6.07) is 13.0. The van der Waals surface area contributed by atoms with E-state index in [0.29, 0.717) is 5.69 Å². The van der Waals surface area contributed by atoms with Gasteiger partial charge in [0.25, 0.3) is 0 Å². The van der Waals surface area contributed by atoms with Crippen molar-refractivity contribution in [3.8, 4) is 0 Å². The van der Waals surface area contributed by atoms with Crippen molar-refractivity contribution in [1.82, 2.24) is 0 Å². The van der Waals surface area contributed by atoms with Crippen molar-refractivity contribution in [3.05, 3.63) is 48.5 Å². The highest BCUT2D eigenvalue weighted by atomic mass is 32.2. The van der Waals surface area contributed by atoms with E-state index in [2.05, 4.69) is 0 Å². The summed E-state index contributed by atoms with van der Waals surface area (Å²) >= 11 is 0. The average Bonchev–Trinajstić information content (AvgIpc) is 2.39. The van der Waals surface area contributed by atoms with Gasteiger partial charge in [0, 0.05) is 25.5 Å². The van der Waals surface area contributed by atoms with E-state index in [1.165, 1.54) is 12.1 Å². The van der Waals surface area contributed by atoms with Gasteiger partial charge in [0.2, 0.25) is 9.84 Å². The molecule has 0 aliphatic carbocycles. The zero-order valence-electron chi connectivity index (χ0n) is 10.9. The van der Waals surface area contributed by atoms with Crippen molar-refractivity contribution in [2.24, 2.45) is 0 Å². The van der Waals surface area contributed by atoms with E-state index in [0.717, 1.165) is 5.69 Å². The summed E-state index contributed by atoms with van der Waals surface area (Å²) in [7, 11) is 0.340. The van der Waals surface area contributed by atoms with Gasteiger partial charge >= 0.3 is 0 Å². The third kappa shape index (κ3) is 2.71. The van der Waals surface area contributed by atoms with E-state index in [1.807, 2.05) is 19.0 Å². The summed E-state index contributed by atoms with van der Waals surface area (Å²) in [6.45, 7) is 0. The Morgan fingerprint density at radius 2 is 1.26 bits per heavy atom. The summed E-state index contributed by atoms with van der Waals surface area (Å²) in [5, 5.41) is 0. The van der Waals surface area contributed by atoms with Gasteiger partial charge in [-0.3, -0.25) is 0 Å². The van der Waals surface area contributed by atoms with Crippen molar-refractivity contribution in [1.29, 1.82) is 0 Å². The van der Waals surface area contributed by atoms with Crippen LogP contribution in [-0.4, -0.2) is 22.5 Å². The van der Waals surface area contributed by atoms with Crippen molar-refractivity contribution < 1.29 is 8.42 Å². The molecule has 0 saturated heterocycles. The molecule has 2 aromatic carbocycles. The molecule has 0 aliphatic heterocycles. The molecule has 0 atom stereocenters. The summed E-state index contributed by atoms with van der Waals surface area (Å²) in [5.41, 5.74) is 7.06. The SMILES string of the molecule is CN(C)c1ccc(S(=O)(=O)c2ccc(N)cc2)cc1. The summed E-state index contributed by atoms with van der Waals surface area (Å²) in [4.78, 5) is 2.45. The summed E-state index contributed by atoms with van der Waals surface area (Å²) in [5.74, 6) is 0. The second-order valence-corrected chi connectivity index (χ2v) is 6.41. The molecule has 100 valence electrons. The Kier molecular flexibility index (Phi) is 3.48. The Labute approximate surface area is 113 Å². The zero-order chi connectivity index (χ0) is 14.0. The second kappa shape index (κ2) is 4.93. The Balaban J connectivity index is 2.42. The Hall–Kier alpha value is -2.01. The van der Waals surface area contributed by atoms with E-state index in [-0.39, 0.29) is 9.79 Å². The maximum absolute atomic E-state index is 12.4. The first-order chi connectivity index (χ1) is 8.91. The third-order valence-corrected chi connectivity index (χ3v) is 4.64. The molecule has 0 saturated carbocycles. The number of sulfone groups is 1. The topological polar surface area (TPSA) is 63.4 Å². The predicted octanol–water partition coefficient (Wildman–Crippen LogP) is 2.17. The van der Waals surface area contributed by atoms with E-state index in [9.17, 15) is 8.42 Å². The molecule has 0 fully saturated rings. The van der Waals surface area contributed by atoms with E-state index < -0.39 is 9.84 Å². The van der Waals surface area contributed by atoms with Crippen LogP contribution in [-0.2, 0) is 9.84 Å². The van der Waals surface area contributed by atoms with Crippen LogP contribution >= 0.6 is 0 Å². The van der Waals surface area contributed by atoms with Gasteiger partial charge in [-0.05, 0) is 48.5 Å². The largest absolute Gasteiger partial charge is 0.399 e. The molecule has 19 heavy (non-hydrogen) atoms. The fraction of sp³-hybridized carbons (Fsp3) is 0.143. The minimum atomic E-state index is -3.47. The van der Waals surface area contributed by atoms with Gasteiger partial charge in [0.05, 0.1) is 9.79 Å². The van der Waals surface area contributed by atoms with E-state index in [4.69, 9.17) is 5.73 Å². The molecule has 2 aromatic rings. The minimum absolute atomic E-state index is 0.249. The highest BCUT2D eigenvalue weighted by Gasteiger charge is 2.17. The van der Waals surface area contributed by atoms with Crippen molar-refractivity contribution in [2.75, 3.05) is 24.7 Å². The molecule has 0 bridgehead atoms. The number of rotatable bonds is 3. The van der Waals surface area contributed by atoms with Crippen LogP contribution in [0, 0.1) is 0 Å². The zero-order valence-corrected chi connectivity index (χ0v) is 11.7. The number of nitrogens with two attached hydrogens (primary N) is 1. The Bertz CT molecular complexity index is 660. The predicted molar refractivity (Wildman–Crippen MR) is 77.1 cm³/mol. The molecule has 0 amide bonds. The highest BCUT2D eigenvalue weighted by molar-refractivity contribution is 7.91. The van der Waals surface area contributed by atoms with Crippen LogP contribution in [0.25, 0.3) is 0 Å². The molecule has 0 spiro atoms. The van der Waals surface area contributed by atoms with Gasteiger partial charge in [0.15, 0.2) is 0 Å². The van der Waals surface area contributed by atoms with Gasteiger partial charge in [-0.25, -0.2) is 8.42 Å². The van der Waals surface area contributed by atoms with Gasteiger partial charge in [0.1, 0.15) is 0 Å². The number of nitrogens with zero attached hydrogens (tertiary/aromatic N) is 1. The van der Waals surface area contributed by atoms with Gasteiger partial charge in [-0.15, -0.1) is 0 Å². The molecular formula is C14H16N2O2S. The first-order valence-corrected chi connectivity index (χ1v) is 7.27. The van der Waals surface area contributed by atoms with Gasteiger partial charge in [-0.2, -0.15) is 0 Å². The number of nitrogen functional groups attached to an aromatic ring is 1. The molecule has 0 unspecified atom stereocenters. The molecular weight excluding hydrogens is 260 g/mol. The quantitative estimate of drug-likeness (QED) is 0.873. The molecule has 0 radical (unpaired) electrons. The lowest BCUT2D eigenvalue weighted by molar-refractivity contribution is 0.596. The second-order valence-electron chi connectivity index (χ2n) is 4.46. The Morgan fingerprint density at radius 1 is 0.842 bits per heavy atom. The van der Waals surface area contributed by atoms with Crippen LogP contribution in [0.5, 0.6) is 0 Å². The van der Waals surface area contributed by atoms with Gasteiger partial charge in [-0.1, -0.05) is 0 Å². The van der Waals surface area contributed by atoms with E-state index in [1.54, 1.807) is 36.4 Å². The van der Waals surface area contributed by atoms with Crippen molar-refractivity contribution >= 4 is 21.2 Å². The monoisotopic (exact) mass is 276 g/mol. The van der Waals surface area contributed by atoms with Crippen LogP contribution in [0.2, 0.25) is 0 Å². The normalized spacial score (nSPS) is 11.3. The lowest BCUT2D eigenvalue weighted by Gasteiger charge is -2.12. The minimum Gasteiger partial charge on any atom is -0.399 e. The molecule has 5 heteroatoms. The number of benzene rings is 2. The third-order valence-electron chi connectivity index (χ3n) is 2.85. The fourth-order valence-corrected chi connectivity index (χ4v) is 2.97. The first kappa shape index (κ1) is 13.4. The smallest absolute Gasteiger partial charge is 0.206 e. The van der Waals surface area contributed by atoms with Crippen LogP contribution in [0.3, 0.4) is 0 Å². The average molecular weight is 276 g/mol. The number of anilines is 2. The van der Waals surface area contributed by atoms with Crippen LogP contribution in [0.15, 0.2) is 58.3 Å². The Morgan fingerprint density at radius 3 is 1.68 bits per heavy atom. The van der Waals surface area contributed by atoms with E-state index >= 15 is 0 Å². The molecule has 0 heterocycles. The number of hydrogen-bond donors (Lipinski definition) is 1. The number of hydrogen-bond acceptors (Lipinski definition) is 4. The maximum Gasteiger partial charge on any atom is 0.206 e. The molecule has 4 nitrogen and oxygen atoms in total.